The molecule has 0 bridgehead atoms. The minimum Gasteiger partial charge on any atom is -0.444 e. The molecule has 0 saturated heterocycles. The predicted molar refractivity (Wildman–Crippen MR) is 86.8 cm³/mol. The maximum Gasteiger partial charge on any atom is 0.236 e. The molecule has 0 aliphatic rings. The van der Waals surface area contributed by atoms with Crippen molar-refractivity contribution < 1.29 is 12.8 Å². The Morgan fingerprint density at radius 2 is 2.00 bits per heavy atom. The van der Waals surface area contributed by atoms with Crippen molar-refractivity contribution in [2.45, 2.75) is 10.9 Å². The van der Waals surface area contributed by atoms with E-state index in [-0.39, 0.29) is 10.9 Å². The highest BCUT2D eigenvalue weighted by Crippen LogP contribution is 2.25. The van der Waals surface area contributed by atoms with Crippen LogP contribution in [0.1, 0.15) is 5.69 Å². The lowest BCUT2D eigenvalue weighted by atomic mass is 10.3. The van der Waals surface area contributed by atoms with Crippen molar-refractivity contribution in [3.63, 3.8) is 0 Å². The number of sulfone groups is 1. The molecule has 0 radical (unpaired) electrons. The number of imidazole rings is 1. The SMILES string of the molecule is O=S(=O)(Cc1coc(-c2cccs2)n1)c1nc2ccccc2[nH]1. The van der Waals surface area contributed by atoms with Gasteiger partial charge in [0.1, 0.15) is 12.0 Å². The average Bonchev–Trinajstić information content (AvgIpc) is 3.26. The number of benzene rings is 1. The van der Waals surface area contributed by atoms with Gasteiger partial charge in [-0.2, -0.15) is 0 Å². The number of hydrogen-bond donors (Lipinski definition) is 1. The average molecular weight is 345 g/mol. The van der Waals surface area contributed by atoms with E-state index in [0.717, 1.165) is 4.88 Å². The van der Waals surface area contributed by atoms with Crippen LogP contribution >= 0.6 is 11.3 Å². The van der Waals surface area contributed by atoms with Crippen molar-refractivity contribution in [2.75, 3.05) is 0 Å². The van der Waals surface area contributed by atoms with E-state index in [2.05, 4.69) is 15.0 Å². The second-order valence-electron chi connectivity index (χ2n) is 4.94. The van der Waals surface area contributed by atoms with Gasteiger partial charge in [-0.3, -0.25) is 0 Å². The standard InChI is InChI=1S/C15H11N3O3S2/c19-23(20,15-17-11-4-1-2-5-12(11)18-15)9-10-8-21-14(16-10)13-6-3-7-22-13/h1-8H,9H2,(H,17,18). The fraction of sp³-hybridized carbons (Fsp3) is 0.0667. The van der Waals surface area contributed by atoms with Gasteiger partial charge in [0.2, 0.25) is 20.9 Å². The predicted octanol–water partition coefficient (Wildman–Crippen LogP) is 3.25. The lowest BCUT2D eigenvalue weighted by Crippen LogP contribution is -2.07. The smallest absolute Gasteiger partial charge is 0.236 e. The second-order valence-corrected chi connectivity index (χ2v) is 7.79. The fourth-order valence-corrected chi connectivity index (χ4v) is 4.04. The molecule has 8 heteroatoms. The zero-order valence-electron chi connectivity index (χ0n) is 11.8. The number of thiophene rings is 1. The van der Waals surface area contributed by atoms with Gasteiger partial charge in [0.15, 0.2) is 0 Å². The molecule has 116 valence electrons. The molecule has 0 atom stereocenters. The van der Waals surface area contributed by atoms with Gasteiger partial charge in [-0.1, -0.05) is 18.2 Å². The van der Waals surface area contributed by atoms with Crippen LogP contribution in [-0.4, -0.2) is 23.4 Å². The van der Waals surface area contributed by atoms with Gasteiger partial charge >= 0.3 is 0 Å². The summed E-state index contributed by atoms with van der Waals surface area (Å²) in [6.07, 6.45) is 1.37. The molecule has 23 heavy (non-hydrogen) atoms. The first-order chi connectivity index (χ1) is 11.1. The Kier molecular flexibility index (Phi) is 3.28. The van der Waals surface area contributed by atoms with Crippen LogP contribution in [0.4, 0.5) is 0 Å². The summed E-state index contributed by atoms with van der Waals surface area (Å²) < 4.78 is 30.3. The van der Waals surface area contributed by atoms with Crippen molar-refractivity contribution >= 4 is 32.2 Å². The molecule has 0 aliphatic heterocycles. The summed E-state index contributed by atoms with van der Waals surface area (Å²) in [6.45, 7) is 0. The molecule has 0 unspecified atom stereocenters. The number of nitrogens with zero attached hydrogens (tertiary/aromatic N) is 2. The molecule has 0 fully saturated rings. The molecule has 0 saturated carbocycles. The highest BCUT2D eigenvalue weighted by molar-refractivity contribution is 7.90. The number of aromatic nitrogens is 3. The van der Waals surface area contributed by atoms with E-state index in [1.54, 1.807) is 12.1 Å². The van der Waals surface area contributed by atoms with E-state index < -0.39 is 9.84 Å². The summed E-state index contributed by atoms with van der Waals surface area (Å²) in [6, 6.07) is 10.9. The highest BCUT2D eigenvalue weighted by Gasteiger charge is 2.22. The molecular weight excluding hydrogens is 334 g/mol. The quantitative estimate of drug-likeness (QED) is 0.613. The summed E-state index contributed by atoms with van der Waals surface area (Å²) >= 11 is 1.48. The number of oxazole rings is 1. The Morgan fingerprint density at radius 3 is 2.78 bits per heavy atom. The van der Waals surface area contributed by atoms with E-state index >= 15 is 0 Å². The van der Waals surface area contributed by atoms with E-state index in [1.165, 1.54) is 17.6 Å². The summed E-state index contributed by atoms with van der Waals surface area (Å²) in [7, 11) is -3.62. The molecular formula is C15H11N3O3S2. The number of fused-ring (bicyclic) bond motifs is 1. The third-order valence-electron chi connectivity index (χ3n) is 3.28. The van der Waals surface area contributed by atoms with E-state index in [4.69, 9.17) is 4.42 Å². The van der Waals surface area contributed by atoms with Crippen LogP contribution in [0.2, 0.25) is 0 Å². The van der Waals surface area contributed by atoms with Crippen molar-refractivity contribution in [1.82, 2.24) is 15.0 Å². The van der Waals surface area contributed by atoms with Crippen LogP contribution in [-0.2, 0) is 15.6 Å². The fourth-order valence-electron chi connectivity index (χ4n) is 2.23. The zero-order valence-corrected chi connectivity index (χ0v) is 13.4. The van der Waals surface area contributed by atoms with E-state index in [9.17, 15) is 8.42 Å². The number of rotatable bonds is 4. The molecule has 0 aliphatic carbocycles. The van der Waals surface area contributed by atoms with E-state index in [1.807, 2.05) is 29.6 Å². The Hall–Kier alpha value is -2.45. The Labute approximate surface area is 135 Å². The largest absolute Gasteiger partial charge is 0.444 e. The van der Waals surface area contributed by atoms with Gasteiger partial charge in [-0.25, -0.2) is 18.4 Å². The second kappa shape index (κ2) is 5.32. The lowest BCUT2D eigenvalue weighted by molar-refractivity contribution is 0.572. The molecule has 1 aromatic carbocycles. The van der Waals surface area contributed by atoms with Gasteiger partial charge in [0.25, 0.3) is 0 Å². The van der Waals surface area contributed by atoms with Gasteiger partial charge in [-0.15, -0.1) is 11.3 Å². The highest BCUT2D eigenvalue weighted by atomic mass is 32.2. The summed E-state index contributed by atoms with van der Waals surface area (Å²) in [4.78, 5) is 12.1. The van der Waals surface area contributed by atoms with Crippen LogP contribution in [0.5, 0.6) is 0 Å². The summed E-state index contributed by atoms with van der Waals surface area (Å²) in [5.41, 5.74) is 1.66. The monoisotopic (exact) mass is 345 g/mol. The minimum atomic E-state index is -3.62. The first kappa shape index (κ1) is 14.2. The number of para-hydroxylation sites is 2. The molecule has 0 amide bonds. The maximum atomic E-state index is 12.5. The van der Waals surface area contributed by atoms with Gasteiger partial charge in [0.05, 0.1) is 21.6 Å². The molecule has 3 heterocycles. The van der Waals surface area contributed by atoms with Crippen LogP contribution < -0.4 is 0 Å². The zero-order chi connectivity index (χ0) is 15.9. The number of hydrogen-bond acceptors (Lipinski definition) is 6. The first-order valence-corrected chi connectivity index (χ1v) is 9.31. The Morgan fingerprint density at radius 1 is 1.13 bits per heavy atom. The van der Waals surface area contributed by atoms with E-state index in [0.29, 0.717) is 22.6 Å². The van der Waals surface area contributed by atoms with Gasteiger partial charge in [-0.05, 0) is 23.6 Å². The van der Waals surface area contributed by atoms with Crippen molar-refractivity contribution in [2.24, 2.45) is 0 Å². The minimum absolute atomic E-state index is 0.0561. The lowest BCUT2D eigenvalue weighted by Gasteiger charge is -1.96. The Bertz CT molecular complexity index is 1030. The first-order valence-electron chi connectivity index (χ1n) is 6.78. The molecule has 6 nitrogen and oxygen atoms in total. The maximum absolute atomic E-state index is 12.5. The van der Waals surface area contributed by atoms with Crippen molar-refractivity contribution in [3.05, 3.63) is 53.7 Å². The summed E-state index contributed by atoms with van der Waals surface area (Å²) in [5, 5.41) is 1.85. The molecule has 4 rings (SSSR count). The molecule has 4 aromatic rings. The molecule has 0 spiro atoms. The van der Waals surface area contributed by atoms with Crippen LogP contribution in [0, 0.1) is 0 Å². The third-order valence-corrected chi connectivity index (χ3v) is 5.60. The van der Waals surface area contributed by atoms with Gasteiger partial charge in [0, 0.05) is 0 Å². The van der Waals surface area contributed by atoms with Crippen LogP contribution in [0.15, 0.2) is 57.6 Å². The normalized spacial score (nSPS) is 12.0. The summed E-state index contributed by atoms with van der Waals surface area (Å²) in [5.74, 6) is 0.164. The van der Waals surface area contributed by atoms with Crippen molar-refractivity contribution in [3.8, 4) is 10.8 Å². The molecule has 3 aromatic heterocycles. The topological polar surface area (TPSA) is 88.8 Å². The Balaban J connectivity index is 1.64. The molecule has 1 N–H and O–H groups in total. The van der Waals surface area contributed by atoms with Crippen LogP contribution in [0.3, 0.4) is 0 Å². The number of H-pyrrole nitrogens is 1. The van der Waals surface area contributed by atoms with Crippen molar-refractivity contribution in [1.29, 1.82) is 0 Å². The van der Waals surface area contributed by atoms with Crippen LogP contribution in [0.25, 0.3) is 21.8 Å². The number of aromatic amines is 1. The third kappa shape index (κ3) is 2.66. The number of nitrogens with one attached hydrogen (secondary N) is 1. The van der Waals surface area contributed by atoms with Gasteiger partial charge < -0.3 is 9.40 Å².